The quantitative estimate of drug-likeness (QED) is 0.471. The van der Waals surface area contributed by atoms with Gasteiger partial charge in [-0.25, -0.2) is 4.98 Å². The maximum Gasteiger partial charge on any atom is 0.254 e. The van der Waals surface area contributed by atoms with Gasteiger partial charge in [-0.1, -0.05) is 12.2 Å². The van der Waals surface area contributed by atoms with E-state index in [0.717, 1.165) is 39.8 Å². The van der Waals surface area contributed by atoms with Crippen LogP contribution >= 0.6 is 0 Å². The number of imide groups is 1. The zero-order valence-electron chi connectivity index (χ0n) is 16.2. The molecule has 2 aromatic heterocycles. The molecule has 2 fully saturated rings. The Kier molecular flexibility index (Phi) is 3.66. The van der Waals surface area contributed by atoms with Crippen molar-refractivity contribution >= 4 is 18.0 Å². The second kappa shape index (κ2) is 5.99. The molecule has 0 radical (unpaired) electrons. The van der Waals surface area contributed by atoms with Crippen molar-refractivity contribution in [3.05, 3.63) is 59.1 Å². The number of nitrogens with zero attached hydrogens (tertiary/aromatic N) is 4. The number of fused-ring (bicyclic) bond motifs is 5. The Hall–Kier alpha value is -3.02. The molecule has 1 saturated heterocycles. The molecule has 1 saturated carbocycles. The molecule has 4 atom stereocenters. The summed E-state index contributed by atoms with van der Waals surface area (Å²) in [7, 11) is 0. The van der Waals surface area contributed by atoms with Crippen LogP contribution in [0.25, 0.3) is 5.82 Å². The van der Waals surface area contributed by atoms with E-state index >= 15 is 0 Å². The third-order valence-electron chi connectivity index (χ3n) is 6.36. The first-order chi connectivity index (χ1) is 13.5. The van der Waals surface area contributed by atoms with Crippen molar-refractivity contribution in [2.75, 3.05) is 0 Å². The van der Waals surface area contributed by atoms with E-state index in [9.17, 15) is 9.59 Å². The van der Waals surface area contributed by atoms with Gasteiger partial charge in [0.25, 0.3) is 11.8 Å². The smallest absolute Gasteiger partial charge is 0.254 e. The van der Waals surface area contributed by atoms with Crippen LogP contribution in [-0.2, 0) is 9.59 Å². The molecule has 2 bridgehead atoms. The zero-order chi connectivity index (χ0) is 19.6. The van der Waals surface area contributed by atoms with Gasteiger partial charge in [-0.2, -0.15) is 10.1 Å². The number of carbonyl (C=O) groups is 2. The highest BCUT2D eigenvalue weighted by Crippen LogP contribution is 2.52. The number of carbonyl (C=O) groups excluding carboxylic acids is 2. The minimum absolute atomic E-state index is 0.155. The molecule has 0 spiro atoms. The summed E-state index contributed by atoms with van der Waals surface area (Å²) in [5, 5.41) is 5.40. The molecular formula is C22H22N4O2. The van der Waals surface area contributed by atoms with Gasteiger partial charge in [-0.3, -0.25) is 9.59 Å². The van der Waals surface area contributed by atoms with Crippen LogP contribution in [0, 0.1) is 44.4 Å². The number of hydrogen-bond donors (Lipinski definition) is 0. The Bertz CT molecular complexity index is 1030. The fourth-order valence-electron chi connectivity index (χ4n) is 5.03. The van der Waals surface area contributed by atoms with E-state index in [4.69, 9.17) is 0 Å². The molecule has 0 aromatic carbocycles. The number of pyridine rings is 1. The minimum atomic E-state index is -0.219. The molecule has 142 valence electrons. The number of amides is 2. The van der Waals surface area contributed by atoms with Gasteiger partial charge in [0.2, 0.25) is 0 Å². The number of allylic oxidation sites excluding steroid dienone is 2. The van der Waals surface area contributed by atoms with Gasteiger partial charge < -0.3 is 4.57 Å². The van der Waals surface area contributed by atoms with Crippen molar-refractivity contribution in [1.82, 2.24) is 14.6 Å². The molecule has 3 heterocycles. The molecule has 2 amide bonds. The van der Waals surface area contributed by atoms with Crippen LogP contribution < -0.4 is 0 Å². The highest BCUT2D eigenvalue weighted by atomic mass is 16.2. The number of aromatic nitrogens is 2. The highest BCUT2D eigenvalue weighted by Gasteiger charge is 2.59. The summed E-state index contributed by atoms with van der Waals surface area (Å²) >= 11 is 0. The van der Waals surface area contributed by atoms with E-state index in [-0.39, 0.29) is 35.5 Å². The summed E-state index contributed by atoms with van der Waals surface area (Å²) in [6.07, 6.45) is 8.52. The third kappa shape index (κ3) is 2.33. The monoisotopic (exact) mass is 374 g/mol. The molecular weight excluding hydrogens is 352 g/mol. The minimum Gasteiger partial charge on any atom is -0.303 e. The molecule has 2 aromatic rings. The lowest BCUT2D eigenvalue weighted by Gasteiger charge is -2.13. The molecule has 2 aliphatic carbocycles. The molecule has 6 nitrogen and oxygen atoms in total. The van der Waals surface area contributed by atoms with Crippen LogP contribution in [-0.4, -0.2) is 32.6 Å². The first-order valence-electron chi connectivity index (χ1n) is 9.68. The van der Waals surface area contributed by atoms with Gasteiger partial charge in [0.05, 0.1) is 18.1 Å². The Morgan fingerprint density at radius 2 is 1.75 bits per heavy atom. The Morgan fingerprint density at radius 1 is 1.07 bits per heavy atom. The summed E-state index contributed by atoms with van der Waals surface area (Å²) in [4.78, 5) is 30.0. The molecule has 28 heavy (non-hydrogen) atoms. The molecule has 6 heteroatoms. The van der Waals surface area contributed by atoms with Gasteiger partial charge in [0.1, 0.15) is 5.82 Å². The SMILES string of the molecule is Cc1ccnc(-n2c(C)cc(C=NN3C(=O)C4C5C=CC(C5)C4C3=O)c2C)c1. The summed E-state index contributed by atoms with van der Waals surface area (Å²) in [5.41, 5.74) is 4.01. The van der Waals surface area contributed by atoms with Crippen molar-refractivity contribution in [2.24, 2.45) is 28.8 Å². The summed E-state index contributed by atoms with van der Waals surface area (Å²) in [6.45, 7) is 6.03. The van der Waals surface area contributed by atoms with E-state index in [1.807, 2.05) is 39.0 Å². The number of hydrazone groups is 1. The lowest BCUT2D eigenvalue weighted by molar-refractivity contribution is -0.140. The van der Waals surface area contributed by atoms with Crippen LogP contribution in [0.2, 0.25) is 0 Å². The van der Waals surface area contributed by atoms with E-state index in [0.29, 0.717) is 0 Å². The summed E-state index contributed by atoms with van der Waals surface area (Å²) in [5.74, 6) is 0.495. The normalized spacial score (nSPS) is 28.2. The predicted octanol–water partition coefficient (Wildman–Crippen LogP) is 2.94. The summed E-state index contributed by atoms with van der Waals surface area (Å²) < 4.78 is 2.06. The van der Waals surface area contributed by atoms with Crippen molar-refractivity contribution in [2.45, 2.75) is 27.2 Å². The molecule has 3 aliphatic rings. The fraction of sp³-hybridized carbons (Fsp3) is 0.364. The predicted molar refractivity (Wildman–Crippen MR) is 105 cm³/mol. The maximum absolute atomic E-state index is 12.8. The van der Waals surface area contributed by atoms with Gasteiger partial charge in [-0.15, -0.1) is 0 Å². The molecule has 4 unspecified atom stereocenters. The zero-order valence-corrected chi connectivity index (χ0v) is 16.2. The van der Waals surface area contributed by atoms with Crippen LogP contribution in [0.1, 0.15) is 28.9 Å². The highest BCUT2D eigenvalue weighted by molar-refractivity contribution is 6.06. The second-order valence-corrected chi connectivity index (χ2v) is 8.09. The van der Waals surface area contributed by atoms with Crippen molar-refractivity contribution < 1.29 is 9.59 Å². The standard InChI is InChI=1S/C22H22N4O2/c1-12-6-7-23-18(8-12)25-13(2)9-17(14(25)3)11-24-26-21(27)19-15-4-5-16(10-15)20(19)22(26)28/h4-9,11,15-16,19-20H,10H2,1-3H3. The largest absolute Gasteiger partial charge is 0.303 e. The van der Waals surface area contributed by atoms with E-state index in [1.165, 1.54) is 0 Å². The number of hydrogen-bond acceptors (Lipinski definition) is 4. The maximum atomic E-state index is 12.8. The van der Waals surface area contributed by atoms with Crippen LogP contribution in [0.3, 0.4) is 0 Å². The Balaban J connectivity index is 1.45. The lowest BCUT2D eigenvalue weighted by Crippen LogP contribution is -2.28. The first-order valence-corrected chi connectivity index (χ1v) is 9.68. The van der Waals surface area contributed by atoms with Gasteiger partial charge in [0.15, 0.2) is 0 Å². The molecule has 0 N–H and O–H groups in total. The van der Waals surface area contributed by atoms with E-state index < -0.39 is 0 Å². The summed E-state index contributed by atoms with van der Waals surface area (Å²) in [6, 6.07) is 5.99. The third-order valence-corrected chi connectivity index (χ3v) is 6.36. The van der Waals surface area contributed by atoms with Gasteiger partial charge in [-0.05, 0) is 62.8 Å². The van der Waals surface area contributed by atoms with E-state index in [2.05, 4.69) is 26.8 Å². The van der Waals surface area contributed by atoms with Crippen molar-refractivity contribution in [3.63, 3.8) is 0 Å². The fourth-order valence-corrected chi connectivity index (χ4v) is 5.03. The van der Waals surface area contributed by atoms with E-state index in [1.54, 1.807) is 12.4 Å². The molecule has 5 rings (SSSR count). The molecule has 1 aliphatic heterocycles. The number of aryl methyl sites for hydroxylation is 2. The second-order valence-electron chi connectivity index (χ2n) is 8.09. The average molecular weight is 374 g/mol. The van der Waals surface area contributed by atoms with Crippen molar-refractivity contribution in [3.8, 4) is 5.82 Å². The lowest BCUT2D eigenvalue weighted by atomic mass is 9.85. The first kappa shape index (κ1) is 17.1. The number of rotatable bonds is 3. The van der Waals surface area contributed by atoms with Crippen LogP contribution in [0.15, 0.2) is 41.6 Å². The van der Waals surface area contributed by atoms with Gasteiger partial charge in [0, 0.05) is 23.1 Å². The Labute approximate surface area is 163 Å². The van der Waals surface area contributed by atoms with Crippen molar-refractivity contribution in [1.29, 1.82) is 0 Å². The average Bonchev–Trinajstić information content (AvgIpc) is 3.39. The van der Waals surface area contributed by atoms with Gasteiger partial charge >= 0.3 is 0 Å². The van der Waals surface area contributed by atoms with Crippen LogP contribution in [0.5, 0.6) is 0 Å². The Morgan fingerprint density at radius 3 is 2.39 bits per heavy atom. The topological polar surface area (TPSA) is 67.6 Å². The van der Waals surface area contributed by atoms with Crippen LogP contribution in [0.4, 0.5) is 0 Å².